The maximum Gasteiger partial charge on any atom is 0.191 e. The molecule has 1 saturated heterocycles. The third-order valence-electron chi connectivity index (χ3n) is 5.66. The first-order valence-electron chi connectivity index (χ1n) is 10.1. The summed E-state index contributed by atoms with van der Waals surface area (Å²) in [4.78, 5) is 4.84. The van der Waals surface area contributed by atoms with Crippen LogP contribution in [0.2, 0.25) is 0 Å². The highest BCUT2D eigenvalue weighted by atomic mass is 127. The van der Waals surface area contributed by atoms with Crippen molar-refractivity contribution in [1.82, 2.24) is 10.6 Å². The molecule has 0 radical (unpaired) electrons. The maximum absolute atomic E-state index is 13.6. The summed E-state index contributed by atoms with van der Waals surface area (Å²) in [5.74, 6) is 2.11. The Morgan fingerprint density at radius 1 is 1.21 bits per heavy atom. The van der Waals surface area contributed by atoms with Crippen LogP contribution in [0.3, 0.4) is 0 Å². The van der Waals surface area contributed by atoms with E-state index in [1.165, 1.54) is 6.07 Å². The number of aliphatic imine (C=N–C) groups is 1. The van der Waals surface area contributed by atoms with Crippen LogP contribution >= 0.6 is 24.0 Å². The second-order valence-electron chi connectivity index (χ2n) is 7.82. The Balaban J connectivity index is 0.00000240. The number of nitrogens with one attached hydrogen (secondary N) is 2. The quantitative estimate of drug-likeness (QED) is 0.320. The molecule has 0 amide bonds. The SMILES string of the molecule is Fc1cccc(C2(CN=C(NCCc3ccco3)NCC3CCOC3)CC2)c1.I. The number of halogens is 2. The lowest BCUT2D eigenvalue weighted by Gasteiger charge is -2.18. The topological polar surface area (TPSA) is 58.8 Å². The minimum atomic E-state index is -0.177. The van der Waals surface area contributed by atoms with E-state index in [4.69, 9.17) is 14.1 Å². The zero-order valence-corrected chi connectivity index (χ0v) is 18.9. The maximum atomic E-state index is 13.6. The zero-order chi connectivity index (χ0) is 19.2. The number of furan rings is 1. The summed E-state index contributed by atoms with van der Waals surface area (Å²) in [6.45, 7) is 3.90. The van der Waals surface area contributed by atoms with E-state index >= 15 is 0 Å². The monoisotopic (exact) mass is 513 g/mol. The number of hydrogen-bond acceptors (Lipinski definition) is 3. The van der Waals surface area contributed by atoms with Crippen LogP contribution in [0.1, 0.15) is 30.6 Å². The van der Waals surface area contributed by atoms with Crippen molar-refractivity contribution in [2.45, 2.75) is 31.1 Å². The summed E-state index contributed by atoms with van der Waals surface area (Å²) in [5.41, 5.74) is 1.03. The van der Waals surface area contributed by atoms with E-state index in [0.29, 0.717) is 12.5 Å². The van der Waals surface area contributed by atoms with Gasteiger partial charge in [-0.15, -0.1) is 24.0 Å². The van der Waals surface area contributed by atoms with E-state index in [1.54, 1.807) is 18.4 Å². The lowest BCUT2D eigenvalue weighted by atomic mass is 9.96. The van der Waals surface area contributed by atoms with Crippen molar-refractivity contribution in [2.24, 2.45) is 10.9 Å². The van der Waals surface area contributed by atoms with Crippen molar-refractivity contribution >= 4 is 29.9 Å². The smallest absolute Gasteiger partial charge is 0.191 e. The second-order valence-corrected chi connectivity index (χ2v) is 7.82. The van der Waals surface area contributed by atoms with Crippen molar-refractivity contribution in [3.05, 3.63) is 59.8 Å². The van der Waals surface area contributed by atoms with Gasteiger partial charge in [0.05, 0.1) is 19.4 Å². The molecule has 5 nitrogen and oxygen atoms in total. The first-order valence-corrected chi connectivity index (χ1v) is 10.1. The third kappa shape index (κ3) is 6.18. The molecule has 2 heterocycles. The van der Waals surface area contributed by atoms with Crippen LogP contribution in [-0.4, -0.2) is 38.8 Å². The molecule has 1 atom stereocenters. The predicted molar refractivity (Wildman–Crippen MR) is 122 cm³/mol. The number of ether oxygens (including phenoxy) is 1. The zero-order valence-electron chi connectivity index (χ0n) is 16.5. The van der Waals surface area contributed by atoms with Gasteiger partial charge in [0.25, 0.3) is 0 Å². The Morgan fingerprint density at radius 2 is 2.10 bits per heavy atom. The molecule has 2 fully saturated rings. The fraction of sp³-hybridized carbons (Fsp3) is 0.500. The number of guanidine groups is 1. The number of benzene rings is 1. The Morgan fingerprint density at radius 3 is 2.79 bits per heavy atom. The molecule has 0 bridgehead atoms. The van der Waals surface area contributed by atoms with E-state index in [-0.39, 0.29) is 35.2 Å². The van der Waals surface area contributed by atoms with Gasteiger partial charge >= 0.3 is 0 Å². The summed E-state index contributed by atoms with van der Waals surface area (Å²) >= 11 is 0. The molecule has 1 aromatic heterocycles. The fourth-order valence-corrected chi connectivity index (χ4v) is 3.66. The van der Waals surface area contributed by atoms with Crippen LogP contribution < -0.4 is 10.6 Å². The van der Waals surface area contributed by atoms with Crippen LogP contribution in [0, 0.1) is 11.7 Å². The molecule has 1 unspecified atom stereocenters. The minimum Gasteiger partial charge on any atom is -0.469 e. The molecule has 2 N–H and O–H groups in total. The van der Waals surface area contributed by atoms with E-state index in [2.05, 4.69) is 10.6 Å². The molecule has 158 valence electrons. The molecule has 0 spiro atoms. The molecule has 1 aliphatic carbocycles. The summed E-state index contributed by atoms with van der Waals surface area (Å²) in [5, 5.41) is 6.87. The molecular weight excluding hydrogens is 484 g/mol. The van der Waals surface area contributed by atoms with E-state index in [0.717, 1.165) is 69.3 Å². The van der Waals surface area contributed by atoms with Crippen molar-refractivity contribution in [2.75, 3.05) is 32.8 Å². The molecule has 2 aliphatic rings. The Hall–Kier alpha value is -1.61. The van der Waals surface area contributed by atoms with Crippen LogP contribution in [0.15, 0.2) is 52.1 Å². The Kier molecular flexibility index (Phi) is 7.94. The highest BCUT2D eigenvalue weighted by Crippen LogP contribution is 2.48. The van der Waals surface area contributed by atoms with Crippen molar-refractivity contribution in [1.29, 1.82) is 0 Å². The fourth-order valence-electron chi connectivity index (χ4n) is 3.66. The van der Waals surface area contributed by atoms with Gasteiger partial charge in [0.15, 0.2) is 5.96 Å². The lowest BCUT2D eigenvalue weighted by molar-refractivity contribution is 0.186. The standard InChI is InChI=1S/C22H28FN3O2.HI/c23-19-4-1-3-18(13-19)22(8-9-22)16-26-21(25-14-17-7-12-27-15-17)24-10-6-20-5-2-11-28-20;/h1-5,11,13,17H,6-10,12,14-16H2,(H2,24,25,26);1H. The Bertz CT molecular complexity index is 787. The minimum absolute atomic E-state index is 0. The van der Waals surface area contributed by atoms with Crippen LogP contribution in [0.5, 0.6) is 0 Å². The van der Waals surface area contributed by atoms with E-state index in [1.807, 2.05) is 18.2 Å². The third-order valence-corrected chi connectivity index (χ3v) is 5.66. The summed E-state index contributed by atoms with van der Waals surface area (Å²) in [6.07, 6.45) is 5.68. The normalized spacial score (nSPS) is 20.2. The van der Waals surface area contributed by atoms with Gasteiger partial charge in [-0.05, 0) is 49.1 Å². The molecule has 2 aromatic rings. The molecule has 1 aliphatic heterocycles. The highest BCUT2D eigenvalue weighted by molar-refractivity contribution is 14.0. The lowest BCUT2D eigenvalue weighted by Crippen LogP contribution is -2.41. The molecule has 1 saturated carbocycles. The van der Waals surface area contributed by atoms with Crippen molar-refractivity contribution in [3.63, 3.8) is 0 Å². The molecule has 7 heteroatoms. The molecule has 1 aromatic carbocycles. The van der Waals surface area contributed by atoms with Gasteiger partial charge in [-0.1, -0.05) is 12.1 Å². The van der Waals surface area contributed by atoms with Gasteiger partial charge in [-0.3, -0.25) is 4.99 Å². The number of hydrogen-bond donors (Lipinski definition) is 2. The van der Waals surface area contributed by atoms with E-state index < -0.39 is 0 Å². The number of nitrogens with zero attached hydrogens (tertiary/aromatic N) is 1. The van der Waals surface area contributed by atoms with Crippen LogP contribution in [0.4, 0.5) is 4.39 Å². The Labute approximate surface area is 188 Å². The molecule has 29 heavy (non-hydrogen) atoms. The average molecular weight is 513 g/mol. The predicted octanol–water partition coefficient (Wildman–Crippen LogP) is 3.88. The van der Waals surface area contributed by atoms with Gasteiger partial charge in [-0.2, -0.15) is 0 Å². The van der Waals surface area contributed by atoms with E-state index in [9.17, 15) is 4.39 Å². The highest BCUT2D eigenvalue weighted by Gasteiger charge is 2.44. The molecular formula is C22H29FIN3O2. The average Bonchev–Trinajstić information content (AvgIpc) is 3.09. The summed E-state index contributed by atoms with van der Waals surface area (Å²) < 4.78 is 24.5. The van der Waals surface area contributed by atoms with Gasteiger partial charge in [0.2, 0.25) is 0 Å². The van der Waals surface area contributed by atoms with Gasteiger partial charge in [0.1, 0.15) is 11.6 Å². The number of rotatable bonds is 8. The second kappa shape index (κ2) is 10.4. The van der Waals surface area contributed by atoms with Gasteiger partial charge in [-0.25, -0.2) is 4.39 Å². The molecule has 4 rings (SSSR count). The first-order chi connectivity index (χ1) is 13.7. The summed E-state index contributed by atoms with van der Waals surface area (Å²) in [7, 11) is 0. The van der Waals surface area contributed by atoms with Gasteiger partial charge in [0, 0.05) is 37.5 Å². The van der Waals surface area contributed by atoms with Crippen molar-refractivity contribution in [3.8, 4) is 0 Å². The van der Waals surface area contributed by atoms with Gasteiger partial charge < -0.3 is 19.8 Å². The van der Waals surface area contributed by atoms with Crippen molar-refractivity contribution < 1.29 is 13.5 Å². The van der Waals surface area contributed by atoms with Crippen LogP contribution in [-0.2, 0) is 16.6 Å². The first kappa shape index (κ1) is 22.1. The summed E-state index contributed by atoms with van der Waals surface area (Å²) in [6, 6.07) is 10.8. The van der Waals surface area contributed by atoms with Crippen LogP contribution in [0.25, 0.3) is 0 Å². The largest absolute Gasteiger partial charge is 0.469 e.